The molecule has 0 aliphatic heterocycles. The van der Waals surface area contributed by atoms with Crippen molar-refractivity contribution in [1.82, 2.24) is 16.0 Å². The first kappa shape index (κ1) is 19.7. The van der Waals surface area contributed by atoms with E-state index < -0.39 is 0 Å². The molecule has 0 aromatic carbocycles. The molecule has 0 heterocycles. The van der Waals surface area contributed by atoms with Gasteiger partial charge in [0, 0.05) is 26.7 Å². The third-order valence-electron chi connectivity index (χ3n) is 3.06. The van der Waals surface area contributed by atoms with E-state index in [1.54, 1.807) is 7.05 Å². The minimum absolute atomic E-state index is 0.0193. The Kier molecular flexibility index (Phi) is 11.7. The van der Waals surface area contributed by atoms with Crippen molar-refractivity contribution in [3.63, 3.8) is 0 Å². The van der Waals surface area contributed by atoms with Gasteiger partial charge in [0.15, 0.2) is 5.96 Å². The number of aliphatic imine (C=N–C) groups is 1. The summed E-state index contributed by atoms with van der Waals surface area (Å²) in [7, 11) is 1.70. The average molecular weight is 300 g/mol. The van der Waals surface area contributed by atoms with Crippen molar-refractivity contribution >= 4 is 11.9 Å². The summed E-state index contributed by atoms with van der Waals surface area (Å²) in [4.78, 5) is 15.6. The van der Waals surface area contributed by atoms with E-state index in [1.807, 2.05) is 13.8 Å². The molecule has 1 unspecified atom stereocenters. The summed E-state index contributed by atoms with van der Waals surface area (Å²) in [6.45, 7) is 10.8. The lowest BCUT2D eigenvalue weighted by atomic mass is 10.0. The van der Waals surface area contributed by atoms with Gasteiger partial charge < -0.3 is 20.7 Å². The molecule has 0 aliphatic carbocycles. The molecule has 0 saturated heterocycles. The monoisotopic (exact) mass is 300 g/mol. The molecular weight excluding hydrogens is 268 g/mol. The summed E-state index contributed by atoms with van der Waals surface area (Å²) in [6, 6.07) is 0. The van der Waals surface area contributed by atoms with Crippen LogP contribution in [0.15, 0.2) is 4.99 Å². The standard InChI is InChI=1S/C15H32N4O2/c1-6-9-17-14(20)11-19-15(16-5)18-10-8-13(12(3)4)21-7-2/h12-13H,6-11H2,1-5H3,(H,17,20)(H2,16,18,19). The van der Waals surface area contributed by atoms with Crippen LogP contribution in [0.4, 0.5) is 0 Å². The van der Waals surface area contributed by atoms with E-state index in [1.165, 1.54) is 0 Å². The summed E-state index contributed by atoms with van der Waals surface area (Å²) in [5.41, 5.74) is 0. The molecule has 6 heteroatoms. The Morgan fingerprint density at radius 3 is 2.38 bits per heavy atom. The van der Waals surface area contributed by atoms with Crippen LogP contribution in [0.2, 0.25) is 0 Å². The highest BCUT2D eigenvalue weighted by Gasteiger charge is 2.13. The summed E-state index contributed by atoms with van der Waals surface area (Å²) in [5.74, 6) is 1.11. The molecule has 0 bridgehead atoms. The number of carbonyl (C=O) groups excluding carboxylic acids is 1. The molecule has 6 nitrogen and oxygen atoms in total. The first-order chi connectivity index (χ1) is 10.0. The van der Waals surface area contributed by atoms with Crippen LogP contribution in [0.3, 0.4) is 0 Å². The quantitative estimate of drug-likeness (QED) is 0.418. The first-order valence-corrected chi connectivity index (χ1v) is 7.87. The molecule has 3 N–H and O–H groups in total. The molecule has 0 saturated carbocycles. The van der Waals surface area contributed by atoms with E-state index in [0.717, 1.165) is 26.0 Å². The largest absolute Gasteiger partial charge is 0.378 e. The molecule has 124 valence electrons. The third kappa shape index (κ3) is 10.1. The third-order valence-corrected chi connectivity index (χ3v) is 3.06. The van der Waals surface area contributed by atoms with Crippen molar-refractivity contribution in [1.29, 1.82) is 0 Å². The number of rotatable bonds is 10. The van der Waals surface area contributed by atoms with Crippen molar-refractivity contribution in [2.24, 2.45) is 10.9 Å². The van der Waals surface area contributed by atoms with Gasteiger partial charge in [-0.15, -0.1) is 0 Å². The fraction of sp³-hybridized carbons (Fsp3) is 0.867. The molecule has 0 aromatic heterocycles. The van der Waals surface area contributed by atoms with E-state index in [4.69, 9.17) is 4.74 Å². The topological polar surface area (TPSA) is 74.8 Å². The number of hydrogen-bond donors (Lipinski definition) is 3. The molecule has 0 aliphatic rings. The number of carbonyl (C=O) groups is 1. The summed E-state index contributed by atoms with van der Waals surface area (Å²) < 4.78 is 5.70. The maximum Gasteiger partial charge on any atom is 0.239 e. The Bertz CT molecular complexity index is 306. The molecule has 0 aromatic rings. The Morgan fingerprint density at radius 1 is 1.14 bits per heavy atom. The molecule has 0 fully saturated rings. The molecule has 0 spiro atoms. The normalized spacial score (nSPS) is 13.1. The van der Waals surface area contributed by atoms with Gasteiger partial charge in [0.1, 0.15) is 0 Å². The number of hydrogen-bond acceptors (Lipinski definition) is 3. The van der Waals surface area contributed by atoms with Crippen molar-refractivity contribution in [2.45, 2.75) is 46.6 Å². The van der Waals surface area contributed by atoms with E-state index in [-0.39, 0.29) is 18.6 Å². The van der Waals surface area contributed by atoms with E-state index in [0.29, 0.717) is 18.4 Å². The van der Waals surface area contributed by atoms with Gasteiger partial charge in [-0.2, -0.15) is 0 Å². The summed E-state index contributed by atoms with van der Waals surface area (Å²) in [5, 5.41) is 9.02. The zero-order valence-electron chi connectivity index (χ0n) is 14.2. The van der Waals surface area contributed by atoms with Crippen LogP contribution in [0.1, 0.15) is 40.5 Å². The Labute approximate surface area is 129 Å². The minimum Gasteiger partial charge on any atom is -0.378 e. The van der Waals surface area contributed by atoms with Crippen molar-refractivity contribution < 1.29 is 9.53 Å². The summed E-state index contributed by atoms with van der Waals surface area (Å²) >= 11 is 0. The van der Waals surface area contributed by atoms with Crippen LogP contribution in [-0.2, 0) is 9.53 Å². The van der Waals surface area contributed by atoms with Crippen LogP contribution in [0.25, 0.3) is 0 Å². The average Bonchev–Trinajstić information content (AvgIpc) is 2.47. The second-order valence-corrected chi connectivity index (χ2v) is 5.23. The number of amides is 1. The predicted octanol–water partition coefficient (Wildman–Crippen LogP) is 1.13. The van der Waals surface area contributed by atoms with Gasteiger partial charge in [0.05, 0.1) is 12.6 Å². The highest BCUT2D eigenvalue weighted by atomic mass is 16.5. The van der Waals surface area contributed by atoms with Gasteiger partial charge in [-0.1, -0.05) is 20.8 Å². The Hall–Kier alpha value is -1.30. The molecule has 1 atom stereocenters. The van der Waals surface area contributed by atoms with Crippen molar-refractivity contribution in [2.75, 3.05) is 33.3 Å². The highest BCUT2D eigenvalue weighted by molar-refractivity contribution is 5.86. The van der Waals surface area contributed by atoms with Gasteiger partial charge in [0.2, 0.25) is 5.91 Å². The zero-order valence-corrected chi connectivity index (χ0v) is 14.2. The number of guanidine groups is 1. The lowest BCUT2D eigenvalue weighted by Gasteiger charge is -2.21. The second-order valence-electron chi connectivity index (χ2n) is 5.23. The lowest BCUT2D eigenvalue weighted by Crippen LogP contribution is -2.44. The van der Waals surface area contributed by atoms with Gasteiger partial charge in [-0.25, -0.2) is 0 Å². The smallest absolute Gasteiger partial charge is 0.239 e. The molecule has 21 heavy (non-hydrogen) atoms. The van der Waals surface area contributed by atoms with E-state index >= 15 is 0 Å². The number of ether oxygens (including phenoxy) is 1. The molecule has 1 amide bonds. The molecule has 0 radical (unpaired) electrons. The maximum atomic E-state index is 11.5. The van der Waals surface area contributed by atoms with Crippen LogP contribution in [-0.4, -0.2) is 51.3 Å². The SMILES string of the molecule is CCCNC(=O)CNC(=NC)NCCC(OCC)C(C)C. The van der Waals surface area contributed by atoms with Gasteiger partial charge in [-0.3, -0.25) is 9.79 Å². The second kappa shape index (κ2) is 12.4. The van der Waals surface area contributed by atoms with E-state index in [2.05, 4.69) is 34.8 Å². The van der Waals surface area contributed by atoms with Crippen LogP contribution >= 0.6 is 0 Å². The minimum atomic E-state index is -0.0193. The Morgan fingerprint density at radius 2 is 1.86 bits per heavy atom. The van der Waals surface area contributed by atoms with Crippen LogP contribution in [0.5, 0.6) is 0 Å². The van der Waals surface area contributed by atoms with Gasteiger partial charge >= 0.3 is 0 Å². The first-order valence-electron chi connectivity index (χ1n) is 7.87. The molecule has 0 rings (SSSR count). The van der Waals surface area contributed by atoms with Crippen molar-refractivity contribution in [3.8, 4) is 0 Å². The zero-order chi connectivity index (χ0) is 16.1. The summed E-state index contributed by atoms with van der Waals surface area (Å²) in [6.07, 6.45) is 2.09. The number of nitrogens with one attached hydrogen (secondary N) is 3. The highest BCUT2D eigenvalue weighted by Crippen LogP contribution is 2.09. The van der Waals surface area contributed by atoms with Crippen LogP contribution < -0.4 is 16.0 Å². The van der Waals surface area contributed by atoms with E-state index in [9.17, 15) is 4.79 Å². The van der Waals surface area contributed by atoms with Gasteiger partial charge in [-0.05, 0) is 25.7 Å². The predicted molar refractivity (Wildman–Crippen MR) is 87.5 cm³/mol. The van der Waals surface area contributed by atoms with Crippen LogP contribution in [0, 0.1) is 5.92 Å². The van der Waals surface area contributed by atoms with Gasteiger partial charge in [0.25, 0.3) is 0 Å². The van der Waals surface area contributed by atoms with Crippen molar-refractivity contribution in [3.05, 3.63) is 0 Å². The fourth-order valence-corrected chi connectivity index (χ4v) is 1.87. The number of nitrogens with zero attached hydrogens (tertiary/aromatic N) is 1. The molecular formula is C15H32N4O2. The Balaban J connectivity index is 3.97. The maximum absolute atomic E-state index is 11.5. The lowest BCUT2D eigenvalue weighted by molar-refractivity contribution is -0.120. The fourth-order valence-electron chi connectivity index (χ4n) is 1.87.